The number of carboxylic acid groups (broad SMARTS) is 1. The van der Waals surface area contributed by atoms with Crippen LogP contribution in [0.3, 0.4) is 0 Å². The van der Waals surface area contributed by atoms with Crippen LogP contribution >= 0.6 is 0 Å². The van der Waals surface area contributed by atoms with Gasteiger partial charge >= 0.3 is 5.97 Å². The van der Waals surface area contributed by atoms with Crippen molar-refractivity contribution in [1.82, 2.24) is 9.99 Å². The molecule has 0 radical (unpaired) electrons. The summed E-state index contributed by atoms with van der Waals surface area (Å²) in [5.41, 5.74) is 2.15. The number of aromatic carboxylic acids is 1. The highest BCUT2D eigenvalue weighted by molar-refractivity contribution is 5.88. The number of hydrogen-bond acceptors (Lipinski definition) is 4. The first kappa shape index (κ1) is 10.4. The summed E-state index contributed by atoms with van der Waals surface area (Å²) >= 11 is 0. The molecule has 6 heteroatoms. The van der Waals surface area contributed by atoms with Gasteiger partial charge in [-0.2, -0.15) is 0 Å². The molecule has 0 saturated carbocycles. The topological polar surface area (TPSA) is 65.5 Å². The molecule has 0 amide bonds. The summed E-state index contributed by atoms with van der Waals surface area (Å²) in [5.74, 6) is -2.28. The first-order chi connectivity index (χ1) is 6.52. The average Bonchev–Trinajstić information content (AvgIpc) is 2.07. The van der Waals surface area contributed by atoms with Crippen LogP contribution in [0.1, 0.15) is 10.4 Å². The SMILES string of the molecule is CN(C)Nc1nccc(C(=O)O)c1F. The molecule has 0 unspecified atom stereocenters. The molecule has 1 rings (SSSR count). The van der Waals surface area contributed by atoms with Crippen LogP contribution in [0.4, 0.5) is 10.2 Å². The summed E-state index contributed by atoms with van der Waals surface area (Å²) in [5, 5.41) is 10.1. The van der Waals surface area contributed by atoms with Crippen molar-refractivity contribution in [3.05, 3.63) is 23.6 Å². The molecule has 0 spiro atoms. The van der Waals surface area contributed by atoms with E-state index in [0.29, 0.717) is 0 Å². The van der Waals surface area contributed by atoms with E-state index in [1.165, 1.54) is 11.2 Å². The van der Waals surface area contributed by atoms with Crippen molar-refractivity contribution in [2.24, 2.45) is 0 Å². The van der Waals surface area contributed by atoms with Gasteiger partial charge in [-0.05, 0) is 6.07 Å². The van der Waals surface area contributed by atoms with E-state index in [1.54, 1.807) is 14.1 Å². The van der Waals surface area contributed by atoms with Crippen LogP contribution < -0.4 is 5.43 Å². The summed E-state index contributed by atoms with van der Waals surface area (Å²) in [6, 6.07) is 1.11. The summed E-state index contributed by atoms with van der Waals surface area (Å²) < 4.78 is 13.4. The number of aromatic nitrogens is 1. The van der Waals surface area contributed by atoms with Crippen molar-refractivity contribution in [3.8, 4) is 0 Å². The Balaban J connectivity index is 3.07. The van der Waals surface area contributed by atoms with Gasteiger partial charge in [0, 0.05) is 20.3 Å². The van der Waals surface area contributed by atoms with Crippen molar-refractivity contribution >= 4 is 11.8 Å². The number of pyridine rings is 1. The van der Waals surface area contributed by atoms with Crippen LogP contribution in [0.25, 0.3) is 0 Å². The molecule has 1 heterocycles. The third-order valence-corrected chi connectivity index (χ3v) is 1.45. The van der Waals surface area contributed by atoms with E-state index < -0.39 is 17.3 Å². The normalized spacial score (nSPS) is 10.3. The second-order valence-electron chi connectivity index (χ2n) is 2.83. The molecule has 0 saturated heterocycles. The fourth-order valence-electron chi connectivity index (χ4n) is 0.899. The fourth-order valence-corrected chi connectivity index (χ4v) is 0.899. The Labute approximate surface area is 80.1 Å². The second kappa shape index (κ2) is 4.01. The quantitative estimate of drug-likeness (QED) is 0.705. The van der Waals surface area contributed by atoms with Crippen LogP contribution in [0.15, 0.2) is 12.3 Å². The molecule has 76 valence electrons. The highest BCUT2D eigenvalue weighted by Crippen LogP contribution is 2.14. The maximum absolute atomic E-state index is 13.4. The van der Waals surface area contributed by atoms with E-state index in [1.807, 2.05) is 0 Å². The van der Waals surface area contributed by atoms with Crippen molar-refractivity contribution in [2.45, 2.75) is 0 Å². The van der Waals surface area contributed by atoms with E-state index in [4.69, 9.17) is 5.11 Å². The summed E-state index contributed by atoms with van der Waals surface area (Å²) in [6.07, 6.45) is 1.23. The van der Waals surface area contributed by atoms with Gasteiger partial charge in [0.1, 0.15) is 5.56 Å². The molecule has 0 aromatic carbocycles. The van der Waals surface area contributed by atoms with Gasteiger partial charge in [-0.3, -0.25) is 0 Å². The zero-order valence-electron chi connectivity index (χ0n) is 7.78. The van der Waals surface area contributed by atoms with E-state index in [0.717, 1.165) is 6.07 Å². The molecule has 1 aromatic heterocycles. The molecule has 0 bridgehead atoms. The molecule has 5 nitrogen and oxygen atoms in total. The Hall–Kier alpha value is -1.69. The Bertz CT molecular complexity index is 354. The minimum Gasteiger partial charge on any atom is -0.478 e. The Morgan fingerprint density at radius 1 is 1.64 bits per heavy atom. The third kappa shape index (κ3) is 2.17. The lowest BCUT2D eigenvalue weighted by Crippen LogP contribution is -2.22. The predicted octanol–water partition coefficient (Wildman–Crippen LogP) is 0.807. The van der Waals surface area contributed by atoms with Crippen molar-refractivity contribution in [3.63, 3.8) is 0 Å². The van der Waals surface area contributed by atoms with Crippen molar-refractivity contribution < 1.29 is 14.3 Å². The summed E-state index contributed by atoms with van der Waals surface area (Å²) in [6.45, 7) is 0. The molecule has 0 aliphatic heterocycles. The first-order valence-electron chi connectivity index (χ1n) is 3.84. The van der Waals surface area contributed by atoms with E-state index in [-0.39, 0.29) is 5.82 Å². The lowest BCUT2D eigenvalue weighted by molar-refractivity contribution is 0.0691. The van der Waals surface area contributed by atoms with Crippen LogP contribution in [-0.4, -0.2) is 35.2 Å². The molecule has 0 fully saturated rings. The second-order valence-corrected chi connectivity index (χ2v) is 2.83. The van der Waals surface area contributed by atoms with Gasteiger partial charge in [-0.1, -0.05) is 0 Å². The van der Waals surface area contributed by atoms with E-state index >= 15 is 0 Å². The number of anilines is 1. The number of carboxylic acids is 1. The number of nitrogens with zero attached hydrogens (tertiary/aromatic N) is 2. The predicted molar refractivity (Wildman–Crippen MR) is 48.5 cm³/mol. The van der Waals surface area contributed by atoms with Crippen LogP contribution in [-0.2, 0) is 0 Å². The Morgan fingerprint density at radius 3 is 2.79 bits per heavy atom. The molecule has 0 aliphatic carbocycles. The average molecular weight is 199 g/mol. The zero-order valence-corrected chi connectivity index (χ0v) is 7.78. The van der Waals surface area contributed by atoms with E-state index in [2.05, 4.69) is 10.4 Å². The lowest BCUT2D eigenvalue weighted by Gasteiger charge is -2.13. The number of carbonyl (C=O) groups is 1. The van der Waals surface area contributed by atoms with Gasteiger partial charge in [0.05, 0.1) is 0 Å². The lowest BCUT2D eigenvalue weighted by atomic mass is 10.2. The van der Waals surface area contributed by atoms with Gasteiger partial charge in [0.25, 0.3) is 0 Å². The zero-order chi connectivity index (χ0) is 10.7. The first-order valence-corrected chi connectivity index (χ1v) is 3.84. The third-order valence-electron chi connectivity index (χ3n) is 1.45. The van der Waals surface area contributed by atoms with Gasteiger partial charge in [0.2, 0.25) is 0 Å². The minimum absolute atomic E-state index is 0.102. The Morgan fingerprint density at radius 2 is 2.29 bits per heavy atom. The van der Waals surface area contributed by atoms with Gasteiger partial charge in [0.15, 0.2) is 11.6 Å². The van der Waals surface area contributed by atoms with Crippen molar-refractivity contribution in [1.29, 1.82) is 0 Å². The fraction of sp³-hybridized carbons (Fsp3) is 0.250. The molecule has 0 aliphatic rings. The van der Waals surface area contributed by atoms with E-state index in [9.17, 15) is 9.18 Å². The number of rotatable bonds is 3. The van der Waals surface area contributed by atoms with Crippen LogP contribution in [0, 0.1) is 5.82 Å². The van der Waals surface area contributed by atoms with Gasteiger partial charge < -0.3 is 10.5 Å². The summed E-state index contributed by atoms with van der Waals surface area (Å²) in [4.78, 5) is 14.2. The van der Waals surface area contributed by atoms with Gasteiger partial charge in [-0.25, -0.2) is 19.2 Å². The van der Waals surface area contributed by atoms with Gasteiger partial charge in [-0.15, -0.1) is 0 Å². The maximum atomic E-state index is 13.4. The molecule has 2 N–H and O–H groups in total. The highest BCUT2D eigenvalue weighted by Gasteiger charge is 2.14. The molecular weight excluding hydrogens is 189 g/mol. The number of hydrazine groups is 1. The van der Waals surface area contributed by atoms with Crippen molar-refractivity contribution in [2.75, 3.05) is 19.5 Å². The highest BCUT2D eigenvalue weighted by atomic mass is 19.1. The largest absolute Gasteiger partial charge is 0.478 e. The Kier molecular flexibility index (Phi) is 2.98. The molecule has 0 atom stereocenters. The molecule has 1 aromatic rings. The molecule has 14 heavy (non-hydrogen) atoms. The standard InChI is InChI=1S/C8H10FN3O2/c1-12(2)11-7-6(9)5(8(13)14)3-4-10-7/h3-4H,1-2H3,(H,10,11)(H,13,14). The number of hydrogen-bond donors (Lipinski definition) is 2. The van der Waals surface area contributed by atoms with Crippen LogP contribution in [0.2, 0.25) is 0 Å². The maximum Gasteiger partial charge on any atom is 0.338 e. The minimum atomic E-state index is -1.31. The number of halogens is 1. The smallest absolute Gasteiger partial charge is 0.338 e. The monoisotopic (exact) mass is 199 g/mol. The molecular formula is C8H10FN3O2. The number of nitrogens with one attached hydrogen (secondary N) is 1. The van der Waals surface area contributed by atoms with Crippen LogP contribution in [0.5, 0.6) is 0 Å². The summed E-state index contributed by atoms with van der Waals surface area (Å²) in [7, 11) is 3.29.